The third-order valence-electron chi connectivity index (χ3n) is 5.74. The lowest BCUT2D eigenvalue weighted by Gasteiger charge is -2.20. The summed E-state index contributed by atoms with van der Waals surface area (Å²) in [6.07, 6.45) is 3.05. The highest BCUT2D eigenvalue weighted by atomic mass is 16.5. The number of aryl methyl sites for hydroxylation is 2. The van der Waals surface area contributed by atoms with Crippen LogP contribution in [-0.4, -0.2) is 39.6 Å². The van der Waals surface area contributed by atoms with Gasteiger partial charge in [-0.1, -0.05) is 6.07 Å². The maximum Gasteiger partial charge on any atom is 0.259 e. The van der Waals surface area contributed by atoms with Crippen LogP contribution in [0.25, 0.3) is 5.65 Å². The van der Waals surface area contributed by atoms with Crippen LogP contribution in [0.5, 0.6) is 11.6 Å². The Morgan fingerprint density at radius 1 is 1.09 bits per heavy atom. The van der Waals surface area contributed by atoms with Crippen molar-refractivity contribution in [3.05, 3.63) is 65.7 Å². The number of nitrogens with one attached hydrogen (secondary N) is 2. The molecule has 3 aromatic heterocycles. The SMILES string of the molecule is Cc1cc(C(=O)Nc2cccc(Oc3ccc4nc(NC(=O)C5CCOCC5)cn4n3)c2)c(C)o1. The summed E-state index contributed by atoms with van der Waals surface area (Å²) in [7, 11) is 0. The molecule has 10 heteroatoms. The van der Waals surface area contributed by atoms with Crippen molar-refractivity contribution >= 4 is 29.0 Å². The van der Waals surface area contributed by atoms with Crippen LogP contribution in [-0.2, 0) is 9.53 Å². The van der Waals surface area contributed by atoms with Gasteiger partial charge in [0, 0.05) is 37.0 Å². The number of anilines is 2. The number of hydrogen-bond acceptors (Lipinski definition) is 7. The van der Waals surface area contributed by atoms with Crippen molar-refractivity contribution in [3.8, 4) is 11.6 Å². The van der Waals surface area contributed by atoms with E-state index in [4.69, 9.17) is 13.9 Å². The maximum absolute atomic E-state index is 12.6. The number of carbonyl (C=O) groups is 2. The number of rotatable bonds is 6. The fraction of sp³-hybridized carbons (Fsp3) is 0.280. The van der Waals surface area contributed by atoms with Gasteiger partial charge in [-0.3, -0.25) is 9.59 Å². The molecule has 0 unspecified atom stereocenters. The highest BCUT2D eigenvalue weighted by Gasteiger charge is 2.22. The van der Waals surface area contributed by atoms with Gasteiger partial charge in [0.25, 0.3) is 5.91 Å². The number of ether oxygens (including phenoxy) is 2. The van der Waals surface area contributed by atoms with E-state index in [1.807, 2.05) is 0 Å². The van der Waals surface area contributed by atoms with Crippen LogP contribution < -0.4 is 15.4 Å². The van der Waals surface area contributed by atoms with Crippen LogP contribution in [0.2, 0.25) is 0 Å². The number of aromatic nitrogens is 3. The Hall–Kier alpha value is -4.18. The lowest BCUT2D eigenvalue weighted by Crippen LogP contribution is -2.28. The van der Waals surface area contributed by atoms with E-state index in [0.29, 0.717) is 71.9 Å². The average molecular weight is 476 g/mol. The molecule has 10 nitrogen and oxygen atoms in total. The van der Waals surface area contributed by atoms with Gasteiger partial charge in [-0.05, 0) is 51.0 Å². The predicted molar refractivity (Wildman–Crippen MR) is 128 cm³/mol. The largest absolute Gasteiger partial charge is 0.466 e. The monoisotopic (exact) mass is 475 g/mol. The number of fused-ring (bicyclic) bond motifs is 1. The minimum absolute atomic E-state index is 0.0622. The Labute approximate surface area is 201 Å². The molecule has 0 atom stereocenters. The van der Waals surface area contributed by atoms with Crippen molar-refractivity contribution in [2.45, 2.75) is 26.7 Å². The topological polar surface area (TPSA) is 120 Å². The lowest BCUT2D eigenvalue weighted by atomic mass is 10.00. The molecule has 1 saturated heterocycles. The molecular weight excluding hydrogens is 450 g/mol. The zero-order valence-electron chi connectivity index (χ0n) is 19.4. The predicted octanol–water partition coefficient (Wildman–Crippen LogP) is 4.35. The molecule has 0 bridgehead atoms. The van der Waals surface area contributed by atoms with Crippen LogP contribution in [0, 0.1) is 19.8 Å². The molecule has 1 aliphatic rings. The Balaban J connectivity index is 1.26. The van der Waals surface area contributed by atoms with Crippen molar-refractivity contribution in [3.63, 3.8) is 0 Å². The molecule has 5 rings (SSSR count). The number of hydrogen-bond donors (Lipinski definition) is 2. The van der Waals surface area contributed by atoms with Gasteiger partial charge in [0.2, 0.25) is 11.8 Å². The molecule has 1 aromatic carbocycles. The molecule has 35 heavy (non-hydrogen) atoms. The first-order valence-electron chi connectivity index (χ1n) is 11.4. The minimum atomic E-state index is -0.259. The van der Waals surface area contributed by atoms with Crippen molar-refractivity contribution in [2.24, 2.45) is 5.92 Å². The van der Waals surface area contributed by atoms with Crippen molar-refractivity contribution in [1.82, 2.24) is 14.6 Å². The highest BCUT2D eigenvalue weighted by molar-refractivity contribution is 6.05. The van der Waals surface area contributed by atoms with Crippen LogP contribution >= 0.6 is 0 Å². The average Bonchev–Trinajstić information content (AvgIpc) is 3.40. The zero-order valence-corrected chi connectivity index (χ0v) is 19.4. The molecule has 0 spiro atoms. The van der Waals surface area contributed by atoms with E-state index in [0.717, 1.165) is 0 Å². The fourth-order valence-corrected chi connectivity index (χ4v) is 3.98. The maximum atomic E-state index is 12.6. The normalized spacial score (nSPS) is 14.1. The van der Waals surface area contributed by atoms with E-state index in [9.17, 15) is 9.59 Å². The number of carbonyl (C=O) groups excluding carboxylic acids is 2. The zero-order chi connectivity index (χ0) is 24.4. The first kappa shape index (κ1) is 22.6. The Morgan fingerprint density at radius 3 is 2.69 bits per heavy atom. The van der Waals surface area contributed by atoms with E-state index < -0.39 is 0 Å². The summed E-state index contributed by atoms with van der Waals surface area (Å²) in [4.78, 5) is 29.5. The van der Waals surface area contributed by atoms with Crippen molar-refractivity contribution in [2.75, 3.05) is 23.8 Å². The molecule has 0 saturated carbocycles. The van der Waals surface area contributed by atoms with E-state index >= 15 is 0 Å². The van der Waals surface area contributed by atoms with E-state index in [2.05, 4.69) is 20.7 Å². The first-order chi connectivity index (χ1) is 16.9. The van der Waals surface area contributed by atoms with Crippen LogP contribution in [0.4, 0.5) is 11.5 Å². The van der Waals surface area contributed by atoms with Crippen LogP contribution in [0.3, 0.4) is 0 Å². The van der Waals surface area contributed by atoms with Gasteiger partial charge >= 0.3 is 0 Å². The number of nitrogens with zero attached hydrogens (tertiary/aromatic N) is 3. The van der Waals surface area contributed by atoms with E-state index in [1.165, 1.54) is 0 Å². The quantitative estimate of drug-likeness (QED) is 0.425. The fourth-order valence-electron chi connectivity index (χ4n) is 3.98. The molecule has 0 radical (unpaired) electrons. The molecule has 4 aromatic rings. The van der Waals surface area contributed by atoms with Gasteiger partial charge < -0.3 is 24.5 Å². The number of imidazole rings is 1. The summed E-state index contributed by atoms with van der Waals surface area (Å²) < 4.78 is 18.2. The smallest absolute Gasteiger partial charge is 0.259 e. The third-order valence-corrected chi connectivity index (χ3v) is 5.74. The molecule has 2 N–H and O–H groups in total. The van der Waals surface area contributed by atoms with E-state index in [-0.39, 0.29) is 17.7 Å². The summed E-state index contributed by atoms with van der Waals surface area (Å²) in [6.45, 7) is 4.74. The summed E-state index contributed by atoms with van der Waals surface area (Å²) in [5.41, 5.74) is 1.64. The lowest BCUT2D eigenvalue weighted by molar-refractivity contribution is -0.122. The first-order valence-corrected chi connectivity index (χ1v) is 11.4. The standard InChI is InChI=1S/C25H25N5O5/c1-15-12-20(16(2)34-15)25(32)26-18-4-3-5-19(13-18)35-23-7-6-22-27-21(14-30(22)29-23)28-24(31)17-8-10-33-11-9-17/h3-7,12-14,17H,8-11H2,1-2H3,(H,26,32)(H,28,31). The van der Waals surface area contributed by atoms with Crippen molar-refractivity contribution < 1.29 is 23.5 Å². The van der Waals surface area contributed by atoms with E-state index in [1.54, 1.807) is 67.0 Å². The molecule has 0 aliphatic carbocycles. The molecule has 4 heterocycles. The second-order valence-electron chi connectivity index (χ2n) is 8.39. The third kappa shape index (κ3) is 5.17. The Bertz CT molecular complexity index is 1390. The summed E-state index contributed by atoms with van der Waals surface area (Å²) in [6, 6.07) is 12.2. The number of benzene rings is 1. The van der Waals surface area contributed by atoms with Gasteiger partial charge in [-0.15, -0.1) is 5.10 Å². The van der Waals surface area contributed by atoms with Gasteiger partial charge in [-0.25, -0.2) is 9.50 Å². The number of amides is 2. The minimum Gasteiger partial charge on any atom is -0.466 e. The molecule has 2 amide bonds. The van der Waals surface area contributed by atoms with Gasteiger partial charge in [0.1, 0.15) is 17.3 Å². The summed E-state index contributed by atoms with van der Waals surface area (Å²) >= 11 is 0. The second kappa shape index (κ2) is 9.59. The van der Waals surface area contributed by atoms with Crippen LogP contribution in [0.1, 0.15) is 34.7 Å². The van der Waals surface area contributed by atoms with Crippen molar-refractivity contribution in [1.29, 1.82) is 0 Å². The highest BCUT2D eigenvalue weighted by Crippen LogP contribution is 2.25. The molecule has 180 valence electrons. The van der Waals surface area contributed by atoms with Gasteiger partial charge in [-0.2, -0.15) is 0 Å². The van der Waals surface area contributed by atoms with Crippen LogP contribution in [0.15, 0.2) is 53.1 Å². The summed E-state index contributed by atoms with van der Waals surface area (Å²) in [5.74, 6) is 2.11. The summed E-state index contributed by atoms with van der Waals surface area (Å²) in [5, 5.41) is 10.1. The molecule has 1 fully saturated rings. The van der Waals surface area contributed by atoms with Gasteiger partial charge in [0.15, 0.2) is 11.5 Å². The molecular formula is C25H25N5O5. The number of furan rings is 1. The Morgan fingerprint density at radius 2 is 1.91 bits per heavy atom. The molecule has 1 aliphatic heterocycles. The Kier molecular flexibility index (Phi) is 6.19. The second-order valence-corrected chi connectivity index (χ2v) is 8.39. The van der Waals surface area contributed by atoms with Gasteiger partial charge in [0.05, 0.1) is 11.8 Å².